The quantitative estimate of drug-likeness (QED) is 0.291. The Morgan fingerprint density at radius 2 is 1.73 bits per heavy atom. The first-order chi connectivity index (χ1) is 17.7. The van der Waals surface area contributed by atoms with E-state index in [-0.39, 0.29) is 18.2 Å². The Morgan fingerprint density at radius 3 is 2.16 bits per heavy atom. The number of ether oxygens (including phenoxy) is 1. The second-order valence-corrected chi connectivity index (χ2v) is 9.73. The van der Waals surface area contributed by atoms with Gasteiger partial charge in [-0.3, -0.25) is 4.79 Å². The topological polar surface area (TPSA) is 70.1 Å². The van der Waals surface area contributed by atoms with Gasteiger partial charge in [0.05, 0.1) is 11.6 Å². The minimum Gasteiger partial charge on any atom is -0.446 e. The zero-order valence-electron chi connectivity index (χ0n) is 22.8. The Kier molecular flexibility index (Phi) is 12.1. The summed E-state index contributed by atoms with van der Waals surface area (Å²) in [5.74, 6) is 0. The van der Waals surface area contributed by atoms with Crippen molar-refractivity contribution in [1.82, 2.24) is 9.80 Å². The highest BCUT2D eigenvalue weighted by atomic mass is 16.6. The van der Waals surface area contributed by atoms with Gasteiger partial charge in [-0.25, -0.2) is 4.79 Å². The van der Waals surface area contributed by atoms with E-state index in [4.69, 9.17) is 4.74 Å². The third-order valence-corrected chi connectivity index (χ3v) is 6.13. The first kappa shape index (κ1) is 29.8. The molecular weight excluding hydrogens is 464 g/mol. The van der Waals surface area contributed by atoms with Crippen LogP contribution in [0.2, 0.25) is 0 Å². The highest BCUT2D eigenvalue weighted by Crippen LogP contribution is 2.31. The number of carbonyl (C=O) groups excluding carboxylic acids is 2. The van der Waals surface area contributed by atoms with E-state index in [1.165, 1.54) is 0 Å². The molecule has 2 aromatic carbocycles. The molecule has 0 bridgehead atoms. The standard InChI is InChI=1S/C25H36N2O4.C6H6/c1-6-9-21(17-26(8-3)18-28)19-10-12-20(13-11-19)23(7-2)27-15-14-22(31-24(27)29)16-25(4,5)30;1-2-4-6-5-3-1/h6,9-13,17-18,22-23,30H,7-8,14-16H2,1-5H3;1-6H/b9-6-,21-17+;. The lowest BCUT2D eigenvalue weighted by Gasteiger charge is -2.38. The summed E-state index contributed by atoms with van der Waals surface area (Å²) >= 11 is 0. The number of amides is 2. The maximum absolute atomic E-state index is 12.7. The van der Waals surface area contributed by atoms with Crippen molar-refractivity contribution < 1.29 is 19.4 Å². The number of benzene rings is 2. The molecule has 37 heavy (non-hydrogen) atoms. The molecular formula is C31H42N2O4. The molecule has 3 rings (SSSR count). The molecule has 2 unspecified atom stereocenters. The smallest absolute Gasteiger partial charge is 0.410 e. The lowest BCUT2D eigenvalue weighted by atomic mass is 9.96. The van der Waals surface area contributed by atoms with Crippen LogP contribution in [0.3, 0.4) is 0 Å². The van der Waals surface area contributed by atoms with Crippen molar-refractivity contribution in [2.24, 2.45) is 0 Å². The molecule has 2 amide bonds. The fourth-order valence-electron chi connectivity index (χ4n) is 4.31. The van der Waals surface area contributed by atoms with Crippen molar-refractivity contribution in [3.8, 4) is 0 Å². The first-order valence-electron chi connectivity index (χ1n) is 13.1. The van der Waals surface area contributed by atoms with Crippen molar-refractivity contribution in [2.45, 2.75) is 71.6 Å². The van der Waals surface area contributed by atoms with Crippen molar-refractivity contribution in [1.29, 1.82) is 0 Å². The summed E-state index contributed by atoms with van der Waals surface area (Å²) in [6, 6.07) is 20.0. The Balaban J connectivity index is 0.000000700. The van der Waals surface area contributed by atoms with Gasteiger partial charge < -0.3 is 19.6 Å². The summed E-state index contributed by atoms with van der Waals surface area (Å²) < 4.78 is 5.61. The molecule has 200 valence electrons. The lowest BCUT2D eigenvalue weighted by Crippen LogP contribution is -2.45. The van der Waals surface area contributed by atoms with Crippen LogP contribution >= 0.6 is 0 Å². The predicted molar refractivity (Wildman–Crippen MR) is 150 cm³/mol. The van der Waals surface area contributed by atoms with Crippen LogP contribution in [0.4, 0.5) is 4.79 Å². The molecule has 6 nitrogen and oxygen atoms in total. The van der Waals surface area contributed by atoms with Gasteiger partial charge in [0.25, 0.3) is 0 Å². The SMILES string of the molecule is C/C=C\C(=C/N(C=O)CC)c1ccc(C(CC)N2CCC(CC(C)(C)O)OC2=O)cc1.c1ccccc1. The van der Waals surface area contributed by atoms with E-state index in [9.17, 15) is 14.7 Å². The van der Waals surface area contributed by atoms with Gasteiger partial charge in [-0.1, -0.05) is 79.7 Å². The number of hydrogen-bond donors (Lipinski definition) is 1. The summed E-state index contributed by atoms with van der Waals surface area (Å²) in [7, 11) is 0. The Morgan fingerprint density at radius 1 is 1.14 bits per heavy atom. The molecule has 1 N–H and O–H groups in total. The van der Waals surface area contributed by atoms with E-state index in [1.54, 1.807) is 23.6 Å². The van der Waals surface area contributed by atoms with Crippen molar-refractivity contribution in [2.75, 3.05) is 13.1 Å². The third kappa shape index (κ3) is 9.89. The van der Waals surface area contributed by atoms with Gasteiger partial charge in [0, 0.05) is 32.1 Å². The van der Waals surface area contributed by atoms with E-state index in [2.05, 4.69) is 6.92 Å². The highest BCUT2D eigenvalue weighted by molar-refractivity contribution is 5.75. The number of aliphatic hydroxyl groups is 1. The summed E-state index contributed by atoms with van der Waals surface area (Å²) in [6.07, 6.45) is 7.92. The Labute approximate surface area is 222 Å². The van der Waals surface area contributed by atoms with Crippen LogP contribution in [0, 0.1) is 0 Å². The number of carbonyl (C=O) groups is 2. The van der Waals surface area contributed by atoms with E-state index in [1.807, 2.05) is 92.9 Å². The summed E-state index contributed by atoms with van der Waals surface area (Å²) in [5, 5.41) is 10.0. The fourth-order valence-corrected chi connectivity index (χ4v) is 4.31. The molecule has 0 radical (unpaired) electrons. The normalized spacial score (nSPS) is 17.0. The van der Waals surface area contributed by atoms with E-state index < -0.39 is 5.60 Å². The third-order valence-electron chi connectivity index (χ3n) is 6.13. The van der Waals surface area contributed by atoms with E-state index in [0.29, 0.717) is 25.9 Å². The Bertz CT molecular complexity index is 983. The van der Waals surface area contributed by atoms with Gasteiger partial charge in [0.15, 0.2) is 0 Å². The van der Waals surface area contributed by atoms with Crippen LogP contribution in [-0.4, -0.2) is 52.2 Å². The van der Waals surface area contributed by atoms with Crippen LogP contribution in [0.15, 0.2) is 79.0 Å². The van der Waals surface area contributed by atoms with Crippen LogP contribution < -0.4 is 0 Å². The van der Waals surface area contributed by atoms with Gasteiger partial charge in [0.2, 0.25) is 6.41 Å². The minimum atomic E-state index is -0.859. The lowest BCUT2D eigenvalue weighted by molar-refractivity contribution is -0.115. The van der Waals surface area contributed by atoms with Crippen LogP contribution in [0.5, 0.6) is 0 Å². The molecule has 0 aliphatic carbocycles. The van der Waals surface area contributed by atoms with Crippen LogP contribution in [-0.2, 0) is 9.53 Å². The second kappa shape index (κ2) is 15.0. The van der Waals surface area contributed by atoms with Gasteiger partial charge in [-0.15, -0.1) is 0 Å². The van der Waals surface area contributed by atoms with E-state index >= 15 is 0 Å². The van der Waals surface area contributed by atoms with Crippen LogP contribution in [0.1, 0.15) is 71.0 Å². The molecule has 1 aliphatic rings. The summed E-state index contributed by atoms with van der Waals surface area (Å²) in [5.41, 5.74) is 2.14. The summed E-state index contributed by atoms with van der Waals surface area (Å²) in [6.45, 7) is 10.6. The summed E-state index contributed by atoms with van der Waals surface area (Å²) in [4.78, 5) is 27.3. The largest absolute Gasteiger partial charge is 0.446 e. The first-order valence-corrected chi connectivity index (χ1v) is 13.1. The molecule has 2 atom stereocenters. The average molecular weight is 507 g/mol. The Hall–Kier alpha value is -3.38. The highest BCUT2D eigenvalue weighted by Gasteiger charge is 2.34. The minimum absolute atomic E-state index is 0.0686. The number of rotatable bonds is 10. The average Bonchev–Trinajstić information content (AvgIpc) is 2.89. The number of allylic oxidation sites excluding steroid dienone is 3. The van der Waals surface area contributed by atoms with Crippen LogP contribution in [0.25, 0.3) is 5.57 Å². The van der Waals surface area contributed by atoms with Crippen molar-refractivity contribution in [3.63, 3.8) is 0 Å². The zero-order chi connectivity index (χ0) is 27.3. The molecule has 0 saturated carbocycles. The van der Waals surface area contributed by atoms with Crippen molar-refractivity contribution in [3.05, 3.63) is 90.1 Å². The molecule has 1 fully saturated rings. The van der Waals surface area contributed by atoms with E-state index in [0.717, 1.165) is 29.5 Å². The maximum atomic E-state index is 12.7. The monoisotopic (exact) mass is 506 g/mol. The van der Waals surface area contributed by atoms with Crippen molar-refractivity contribution >= 4 is 18.1 Å². The van der Waals surface area contributed by atoms with Gasteiger partial charge in [-0.2, -0.15) is 0 Å². The van der Waals surface area contributed by atoms with Gasteiger partial charge in [0.1, 0.15) is 6.10 Å². The molecule has 1 saturated heterocycles. The number of nitrogens with zero attached hydrogens (tertiary/aromatic N) is 2. The van der Waals surface area contributed by atoms with Gasteiger partial charge >= 0.3 is 6.09 Å². The second-order valence-electron chi connectivity index (χ2n) is 9.73. The molecule has 2 aromatic rings. The zero-order valence-corrected chi connectivity index (χ0v) is 22.8. The molecule has 6 heteroatoms. The molecule has 1 heterocycles. The number of hydrogen-bond acceptors (Lipinski definition) is 4. The maximum Gasteiger partial charge on any atom is 0.410 e. The number of cyclic esters (lactones) is 1. The molecule has 0 spiro atoms. The fraction of sp³-hybridized carbons (Fsp3) is 0.419. The molecule has 0 aromatic heterocycles. The van der Waals surface area contributed by atoms with Gasteiger partial charge in [-0.05, 0) is 50.8 Å². The predicted octanol–water partition coefficient (Wildman–Crippen LogP) is 6.59. The molecule has 1 aliphatic heterocycles.